The van der Waals surface area contributed by atoms with E-state index >= 15 is 0 Å². The van der Waals surface area contributed by atoms with Crippen molar-refractivity contribution in [2.75, 3.05) is 7.11 Å². The average molecular weight is 395 g/mol. The molecule has 25 heavy (non-hydrogen) atoms. The van der Waals surface area contributed by atoms with Crippen LogP contribution in [-0.4, -0.2) is 13.1 Å². The maximum absolute atomic E-state index is 12.2. The Hall–Kier alpha value is -1.95. The van der Waals surface area contributed by atoms with Crippen molar-refractivity contribution in [3.63, 3.8) is 0 Å². The molecule has 0 saturated heterocycles. The zero-order chi connectivity index (χ0) is 16.1. The van der Waals surface area contributed by atoms with Gasteiger partial charge in [0.15, 0.2) is 0 Å². The number of methoxy groups -OCH3 is 1. The first-order valence-electron chi connectivity index (χ1n) is 7.47. The van der Waals surface area contributed by atoms with E-state index in [9.17, 15) is 4.79 Å². The number of ether oxygens (including phenoxy) is 1. The zero-order valence-corrected chi connectivity index (χ0v) is 16.2. The Morgan fingerprint density at radius 3 is 1.68 bits per heavy atom. The summed E-state index contributed by atoms with van der Waals surface area (Å²) in [5.74, 6) is -0.282. The molecule has 3 aromatic rings. The molecule has 0 radical (unpaired) electrons. The summed E-state index contributed by atoms with van der Waals surface area (Å²) in [6.07, 6.45) is 0. The molecule has 0 unspecified atom stereocenters. The number of rotatable bonds is 4. The van der Waals surface area contributed by atoms with Gasteiger partial charge in [-0.25, -0.2) is 4.79 Å². The molecule has 0 aliphatic heterocycles. The first-order valence-corrected chi connectivity index (χ1v) is 8.97. The Morgan fingerprint density at radius 2 is 1.20 bits per heavy atom. The van der Waals surface area contributed by atoms with E-state index in [1.165, 1.54) is 17.7 Å². The van der Waals surface area contributed by atoms with Crippen LogP contribution in [0.15, 0.2) is 84.9 Å². The van der Waals surface area contributed by atoms with Gasteiger partial charge in [-0.3, -0.25) is 0 Å². The van der Waals surface area contributed by atoms with E-state index < -0.39 is 7.92 Å². The predicted octanol–water partition coefficient (Wildman–Crippen LogP) is 3.41. The smallest absolute Gasteiger partial charge is 0.341 e. The molecule has 0 amide bonds. The Bertz CT molecular complexity index is 752. The molecule has 3 aromatic carbocycles. The second kappa shape index (κ2) is 10.1. The van der Waals surface area contributed by atoms with Gasteiger partial charge in [0.1, 0.15) is 21.5 Å². The van der Waals surface area contributed by atoms with Crippen LogP contribution in [0.2, 0.25) is 0 Å². The van der Waals surface area contributed by atoms with Crippen LogP contribution in [0.3, 0.4) is 0 Å². The van der Waals surface area contributed by atoms with Gasteiger partial charge in [-0.2, -0.15) is 0 Å². The summed E-state index contributed by atoms with van der Waals surface area (Å²) in [6.45, 7) is 0. The number of esters is 1. The normalized spacial score (nSPS) is 9.68. The molecule has 0 aromatic heterocycles. The van der Waals surface area contributed by atoms with E-state index in [2.05, 4.69) is 24.3 Å². The van der Waals surface area contributed by atoms with E-state index in [0.29, 0.717) is 5.56 Å². The van der Waals surface area contributed by atoms with Gasteiger partial charge in [-0.1, -0.05) is 48.5 Å². The van der Waals surface area contributed by atoms with Crippen molar-refractivity contribution < 1.29 is 26.0 Å². The second-order valence-electron chi connectivity index (χ2n) is 5.14. The molecule has 0 heterocycles. The van der Waals surface area contributed by atoms with Crippen LogP contribution in [0.4, 0.5) is 0 Å². The minimum absolute atomic E-state index is 0. The van der Waals surface area contributed by atoms with Crippen molar-refractivity contribution >= 4 is 29.8 Å². The molecule has 0 aliphatic carbocycles. The molecule has 3 rings (SSSR count). The number of hydrogen-bond donors (Lipinski definition) is 0. The van der Waals surface area contributed by atoms with E-state index in [1.807, 2.05) is 60.7 Å². The molecule has 4 heteroatoms. The minimum Gasteiger partial charge on any atom is -0.465 e. The molecule has 0 bridgehead atoms. The van der Waals surface area contributed by atoms with Crippen LogP contribution in [0, 0.1) is 7.43 Å². The Labute approximate surface area is 160 Å². The summed E-state index contributed by atoms with van der Waals surface area (Å²) in [5.41, 5.74) is 0.650. The molecular weight excluding hydrogens is 374 g/mol. The molecule has 132 valence electrons. The third-order valence-corrected chi connectivity index (χ3v) is 6.52. The number of hydrogen-bond acceptors (Lipinski definition) is 2. The maximum atomic E-state index is 12.2. The second-order valence-corrected chi connectivity index (χ2v) is 7.59. The summed E-state index contributed by atoms with van der Waals surface area (Å²) in [6, 6.07) is 28.5. The maximum Gasteiger partial charge on any atom is 0.341 e. The van der Waals surface area contributed by atoms with E-state index in [1.54, 1.807) is 0 Å². The van der Waals surface area contributed by atoms with Gasteiger partial charge in [0.25, 0.3) is 0 Å². The standard InChI is InChI=1S/C20H17O2P.CH3.Ni/c1-22-20(21)18-14-8-9-15-19(18)23(16-10-4-2-5-11-16)17-12-6-3-7-13-17;;/h2-15H,1H3;1H3;/q;-1;/p+1. The molecule has 0 N–H and O–H groups in total. The Morgan fingerprint density at radius 1 is 0.760 bits per heavy atom. The number of carbonyl (C=O) groups excluding carboxylic acids is 1. The summed E-state index contributed by atoms with van der Waals surface area (Å²) >= 11 is 0. The topological polar surface area (TPSA) is 26.3 Å². The largest absolute Gasteiger partial charge is 0.465 e. The van der Waals surface area contributed by atoms with Crippen LogP contribution in [0.25, 0.3) is 0 Å². The van der Waals surface area contributed by atoms with Crippen molar-refractivity contribution in [3.8, 4) is 0 Å². The first-order chi connectivity index (χ1) is 11.3. The summed E-state index contributed by atoms with van der Waals surface area (Å²) < 4.78 is 4.98. The fraction of sp³-hybridized carbons (Fsp3) is 0.0476. The number of benzene rings is 3. The van der Waals surface area contributed by atoms with E-state index in [0.717, 1.165) is 5.30 Å². The fourth-order valence-corrected chi connectivity index (χ4v) is 5.40. The molecule has 2 nitrogen and oxygen atoms in total. The van der Waals surface area contributed by atoms with Crippen LogP contribution < -0.4 is 15.9 Å². The Kier molecular flexibility index (Phi) is 8.55. The van der Waals surface area contributed by atoms with Crippen LogP contribution in [-0.2, 0) is 21.2 Å². The SMILES string of the molecule is COC(=O)c1ccccc1[PH+](c1ccccc1)c1ccccc1.[CH3-].[Ni]. The van der Waals surface area contributed by atoms with Crippen molar-refractivity contribution in [2.45, 2.75) is 0 Å². The van der Waals surface area contributed by atoms with Crippen LogP contribution >= 0.6 is 7.92 Å². The molecule has 0 fully saturated rings. The third kappa shape index (κ3) is 4.78. The minimum atomic E-state index is -1.26. The van der Waals surface area contributed by atoms with Gasteiger partial charge in [-0.15, -0.1) is 0 Å². The van der Waals surface area contributed by atoms with Gasteiger partial charge in [0.2, 0.25) is 0 Å². The van der Waals surface area contributed by atoms with E-state index in [-0.39, 0.29) is 29.9 Å². The fourth-order valence-electron chi connectivity index (χ4n) is 2.68. The van der Waals surface area contributed by atoms with Crippen molar-refractivity contribution in [1.82, 2.24) is 0 Å². The molecule has 0 aliphatic rings. The third-order valence-electron chi connectivity index (χ3n) is 3.73. The molecular formula is C21H21NiO2P. The van der Waals surface area contributed by atoms with Gasteiger partial charge >= 0.3 is 5.97 Å². The Balaban J connectivity index is 0.00000156. The molecule has 0 spiro atoms. The summed E-state index contributed by atoms with van der Waals surface area (Å²) in [7, 11) is 0.165. The zero-order valence-electron chi connectivity index (χ0n) is 14.2. The summed E-state index contributed by atoms with van der Waals surface area (Å²) in [4.78, 5) is 12.2. The quantitative estimate of drug-likeness (QED) is 0.293. The first kappa shape index (κ1) is 21.1. The van der Waals surface area contributed by atoms with Gasteiger partial charge < -0.3 is 12.2 Å². The van der Waals surface area contributed by atoms with Crippen molar-refractivity contribution in [3.05, 3.63) is 97.9 Å². The van der Waals surface area contributed by atoms with Gasteiger partial charge in [0, 0.05) is 16.5 Å². The molecule has 0 saturated carbocycles. The monoisotopic (exact) mass is 394 g/mol. The van der Waals surface area contributed by atoms with Crippen LogP contribution in [0.1, 0.15) is 10.4 Å². The van der Waals surface area contributed by atoms with Gasteiger partial charge in [-0.05, 0) is 36.4 Å². The van der Waals surface area contributed by atoms with Crippen LogP contribution in [0.5, 0.6) is 0 Å². The summed E-state index contributed by atoms with van der Waals surface area (Å²) in [5, 5.41) is 3.56. The van der Waals surface area contributed by atoms with Gasteiger partial charge in [0.05, 0.1) is 15.0 Å². The van der Waals surface area contributed by atoms with Crippen molar-refractivity contribution in [1.29, 1.82) is 0 Å². The predicted molar refractivity (Wildman–Crippen MR) is 104 cm³/mol. The molecule has 0 atom stereocenters. The number of carbonyl (C=O) groups is 1. The van der Waals surface area contributed by atoms with Crippen molar-refractivity contribution in [2.24, 2.45) is 0 Å². The average Bonchev–Trinajstić information content (AvgIpc) is 2.63. The van der Waals surface area contributed by atoms with E-state index in [4.69, 9.17) is 4.74 Å².